The number of aryl methyl sites for hydroxylation is 1. The number of H-pyrrole nitrogens is 1. The maximum absolute atomic E-state index is 6.00. The van der Waals surface area contributed by atoms with Crippen LogP contribution in [-0.2, 0) is 7.05 Å². The summed E-state index contributed by atoms with van der Waals surface area (Å²) in [5.41, 5.74) is 9.47. The standard InChI is InChI=1S/C12H11ClN4/c1-17-6-9(12-10(14)5-15-16-12)8-3-2-7(13)4-11(8)17/h2-6H,14H2,1H3,(H,15,16). The number of hydrogen-bond donors (Lipinski definition) is 2. The highest BCUT2D eigenvalue weighted by Gasteiger charge is 2.12. The number of nitrogens with zero attached hydrogens (tertiary/aromatic N) is 2. The summed E-state index contributed by atoms with van der Waals surface area (Å²) in [4.78, 5) is 0. The minimum absolute atomic E-state index is 0.646. The Hall–Kier alpha value is -1.94. The molecule has 3 N–H and O–H groups in total. The number of fused-ring (bicyclic) bond motifs is 1. The van der Waals surface area contributed by atoms with Crippen LogP contribution in [0.4, 0.5) is 5.69 Å². The van der Waals surface area contributed by atoms with Crippen LogP contribution in [0.5, 0.6) is 0 Å². The van der Waals surface area contributed by atoms with Crippen molar-refractivity contribution in [2.45, 2.75) is 0 Å². The van der Waals surface area contributed by atoms with E-state index in [9.17, 15) is 0 Å². The molecule has 2 aromatic heterocycles. The number of aromatic amines is 1. The summed E-state index contributed by atoms with van der Waals surface area (Å²) in [6, 6.07) is 5.81. The van der Waals surface area contributed by atoms with E-state index < -0.39 is 0 Å². The first kappa shape index (κ1) is 10.2. The van der Waals surface area contributed by atoms with Crippen molar-refractivity contribution in [3.8, 4) is 11.3 Å². The quantitative estimate of drug-likeness (QED) is 0.694. The van der Waals surface area contributed by atoms with Gasteiger partial charge in [0.1, 0.15) is 0 Å². The molecule has 0 unspecified atom stereocenters. The number of rotatable bonds is 1. The Balaban J connectivity index is 2.35. The molecule has 3 rings (SSSR count). The van der Waals surface area contributed by atoms with Crippen LogP contribution in [0, 0.1) is 0 Å². The van der Waals surface area contributed by atoms with Crippen molar-refractivity contribution in [2.24, 2.45) is 7.05 Å². The van der Waals surface area contributed by atoms with Gasteiger partial charge in [-0.05, 0) is 12.1 Å². The van der Waals surface area contributed by atoms with E-state index in [-0.39, 0.29) is 0 Å². The summed E-state index contributed by atoms with van der Waals surface area (Å²) in [5.74, 6) is 0. The van der Waals surface area contributed by atoms with Gasteiger partial charge in [0.15, 0.2) is 0 Å². The second-order valence-corrected chi connectivity index (χ2v) is 4.45. The lowest BCUT2D eigenvalue weighted by Crippen LogP contribution is -1.85. The molecule has 86 valence electrons. The van der Waals surface area contributed by atoms with Crippen LogP contribution in [0.1, 0.15) is 0 Å². The van der Waals surface area contributed by atoms with Crippen molar-refractivity contribution in [1.82, 2.24) is 14.8 Å². The third kappa shape index (κ3) is 1.49. The van der Waals surface area contributed by atoms with Crippen LogP contribution in [0.25, 0.3) is 22.2 Å². The summed E-state index contributed by atoms with van der Waals surface area (Å²) in [6.45, 7) is 0. The van der Waals surface area contributed by atoms with Gasteiger partial charge in [0.05, 0.1) is 17.6 Å². The number of nitrogen functional groups attached to an aromatic ring is 1. The molecule has 0 radical (unpaired) electrons. The van der Waals surface area contributed by atoms with E-state index in [4.69, 9.17) is 17.3 Å². The predicted octanol–water partition coefficient (Wildman–Crippen LogP) is 2.80. The summed E-state index contributed by atoms with van der Waals surface area (Å²) in [6.07, 6.45) is 3.63. The minimum Gasteiger partial charge on any atom is -0.396 e. The summed E-state index contributed by atoms with van der Waals surface area (Å²) < 4.78 is 2.02. The Kier molecular flexibility index (Phi) is 2.12. The molecule has 3 aromatic rings. The predicted molar refractivity (Wildman–Crippen MR) is 69.9 cm³/mol. The highest BCUT2D eigenvalue weighted by Crippen LogP contribution is 2.33. The van der Waals surface area contributed by atoms with Gasteiger partial charge in [-0.15, -0.1) is 0 Å². The first-order chi connectivity index (χ1) is 8.16. The van der Waals surface area contributed by atoms with Crippen molar-refractivity contribution in [3.63, 3.8) is 0 Å². The van der Waals surface area contributed by atoms with E-state index >= 15 is 0 Å². The molecule has 0 aliphatic heterocycles. The monoisotopic (exact) mass is 246 g/mol. The molecule has 0 aliphatic carbocycles. The van der Waals surface area contributed by atoms with Crippen LogP contribution < -0.4 is 5.73 Å². The molecule has 2 heterocycles. The van der Waals surface area contributed by atoms with Crippen molar-refractivity contribution in [2.75, 3.05) is 5.73 Å². The lowest BCUT2D eigenvalue weighted by molar-refractivity contribution is 0.969. The van der Waals surface area contributed by atoms with Crippen LogP contribution in [0.3, 0.4) is 0 Å². The van der Waals surface area contributed by atoms with E-state index in [0.717, 1.165) is 27.2 Å². The molecular formula is C12H11ClN4. The lowest BCUT2D eigenvalue weighted by Gasteiger charge is -1.97. The van der Waals surface area contributed by atoms with Crippen molar-refractivity contribution in [3.05, 3.63) is 35.6 Å². The molecule has 0 fully saturated rings. The third-order valence-electron chi connectivity index (χ3n) is 2.89. The molecular weight excluding hydrogens is 236 g/mol. The van der Waals surface area contributed by atoms with E-state index in [2.05, 4.69) is 10.2 Å². The zero-order valence-corrected chi connectivity index (χ0v) is 9.99. The van der Waals surface area contributed by atoms with Gasteiger partial charge in [-0.3, -0.25) is 5.10 Å². The van der Waals surface area contributed by atoms with Crippen molar-refractivity contribution >= 4 is 28.2 Å². The fourth-order valence-corrected chi connectivity index (χ4v) is 2.23. The first-order valence-electron chi connectivity index (χ1n) is 5.20. The van der Waals surface area contributed by atoms with Gasteiger partial charge in [0, 0.05) is 34.7 Å². The third-order valence-corrected chi connectivity index (χ3v) is 3.13. The maximum atomic E-state index is 6.00. The number of aromatic nitrogens is 3. The van der Waals surface area contributed by atoms with Crippen molar-refractivity contribution < 1.29 is 0 Å². The van der Waals surface area contributed by atoms with Gasteiger partial charge in [-0.25, -0.2) is 0 Å². The Morgan fingerprint density at radius 2 is 2.24 bits per heavy atom. The topological polar surface area (TPSA) is 59.6 Å². The Morgan fingerprint density at radius 3 is 2.94 bits per heavy atom. The molecule has 0 aliphatic rings. The van der Waals surface area contributed by atoms with E-state index in [1.54, 1.807) is 6.20 Å². The number of halogens is 1. The Morgan fingerprint density at radius 1 is 1.41 bits per heavy atom. The first-order valence-corrected chi connectivity index (χ1v) is 5.58. The van der Waals surface area contributed by atoms with Gasteiger partial charge in [0.2, 0.25) is 0 Å². The number of nitrogens with one attached hydrogen (secondary N) is 1. The molecule has 1 aromatic carbocycles. The fraction of sp³-hybridized carbons (Fsp3) is 0.0833. The Labute approximate surface area is 103 Å². The summed E-state index contributed by atoms with van der Waals surface area (Å²) >= 11 is 6.00. The van der Waals surface area contributed by atoms with Gasteiger partial charge >= 0.3 is 0 Å². The smallest absolute Gasteiger partial charge is 0.0901 e. The second-order valence-electron chi connectivity index (χ2n) is 4.02. The van der Waals surface area contributed by atoms with Gasteiger partial charge in [0.25, 0.3) is 0 Å². The second kappa shape index (κ2) is 3.53. The molecule has 0 bridgehead atoms. The van der Waals surface area contributed by atoms with Crippen LogP contribution in [0.15, 0.2) is 30.6 Å². The fourth-order valence-electron chi connectivity index (χ4n) is 2.07. The van der Waals surface area contributed by atoms with Crippen molar-refractivity contribution in [1.29, 1.82) is 0 Å². The number of benzene rings is 1. The maximum Gasteiger partial charge on any atom is 0.0901 e. The minimum atomic E-state index is 0.646. The molecule has 0 spiro atoms. The molecule has 0 atom stereocenters. The molecule has 0 saturated heterocycles. The molecule has 5 heteroatoms. The zero-order chi connectivity index (χ0) is 12.0. The zero-order valence-electron chi connectivity index (χ0n) is 9.24. The molecule has 0 amide bonds. The van der Waals surface area contributed by atoms with Gasteiger partial charge < -0.3 is 10.3 Å². The van der Waals surface area contributed by atoms with Crippen LogP contribution >= 0.6 is 11.6 Å². The van der Waals surface area contributed by atoms with E-state index in [1.165, 1.54) is 0 Å². The molecule has 17 heavy (non-hydrogen) atoms. The molecule has 4 nitrogen and oxygen atoms in total. The Bertz CT molecular complexity index is 696. The van der Waals surface area contributed by atoms with Gasteiger partial charge in [-0.1, -0.05) is 17.7 Å². The average Bonchev–Trinajstić information content (AvgIpc) is 2.84. The number of nitrogens with two attached hydrogens (primary N) is 1. The summed E-state index contributed by atoms with van der Waals surface area (Å²) in [7, 11) is 1.98. The summed E-state index contributed by atoms with van der Waals surface area (Å²) in [5, 5.41) is 8.70. The highest BCUT2D eigenvalue weighted by molar-refractivity contribution is 6.31. The molecule has 0 saturated carbocycles. The normalized spacial score (nSPS) is 11.2. The largest absolute Gasteiger partial charge is 0.396 e. The van der Waals surface area contributed by atoms with Crippen LogP contribution in [-0.4, -0.2) is 14.8 Å². The lowest BCUT2D eigenvalue weighted by atomic mass is 10.1. The van der Waals surface area contributed by atoms with Gasteiger partial charge in [-0.2, -0.15) is 5.10 Å². The highest BCUT2D eigenvalue weighted by atomic mass is 35.5. The van der Waals surface area contributed by atoms with E-state index in [1.807, 2.05) is 36.0 Å². The number of hydrogen-bond acceptors (Lipinski definition) is 2. The average molecular weight is 247 g/mol. The van der Waals surface area contributed by atoms with Crippen LogP contribution in [0.2, 0.25) is 5.02 Å². The SMILES string of the molecule is Cn1cc(-c2[nH]ncc2N)c2ccc(Cl)cc21. The van der Waals surface area contributed by atoms with E-state index in [0.29, 0.717) is 5.69 Å². The number of anilines is 1.